The molecule has 1 N–H and O–H groups in total. The minimum absolute atomic E-state index is 0. The van der Waals surface area contributed by atoms with Gasteiger partial charge in [-0.15, -0.1) is 0 Å². The summed E-state index contributed by atoms with van der Waals surface area (Å²) in [6.07, 6.45) is 5.17. The molecule has 0 aliphatic heterocycles. The van der Waals surface area contributed by atoms with Crippen molar-refractivity contribution >= 4 is 46.9 Å². The van der Waals surface area contributed by atoms with Gasteiger partial charge in [-0.05, 0) is 42.5 Å². The Hall–Kier alpha value is -2.14. The first kappa shape index (κ1) is 28.1. The summed E-state index contributed by atoms with van der Waals surface area (Å²) in [6, 6.07) is 13.0. The second kappa shape index (κ2) is 12.5. The fourth-order valence-electron chi connectivity index (χ4n) is 3.83. The Balaban J connectivity index is 0.00000408. The molecule has 0 heterocycles. The molecule has 9 heteroatoms. The van der Waals surface area contributed by atoms with Crippen LogP contribution in [0.4, 0.5) is 0 Å². The van der Waals surface area contributed by atoms with E-state index in [9.17, 15) is 24.8 Å². The van der Waals surface area contributed by atoms with Crippen LogP contribution in [0.3, 0.4) is 0 Å². The van der Waals surface area contributed by atoms with Gasteiger partial charge in [-0.25, -0.2) is 0 Å². The molecule has 0 bridgehead atoms. The van der Waals surface area contributed by atoms with Crippen molar-refractivity contribution in [3.8, 4) is 6.07 Å². The van der Waals surface area contributed by atoms with Crippen LogP contribution >= 0.6 is 23.2 Å². The Kier molecular flexibility index (Phi) is 10.4. The maximum atomic E-state index is 12.5. The summed E-state index contributed by atoms with van der Waals surface area (Å²) in [7, 11) is 0. The van der Waals surface area contributed by atoms with Crippen molar-refractivity contribution in [1.29, 1.82) is 5.26 Å². The number of nitrogens with zero attached hydrogens (tertiary/aromatic N) is 1. The van der Waals surface area contributed by atoms with E-state index in [1.165, 1.54) is 12.1 Å². The zero-order chi connectivity index (χ0) is 24.0. The van der Waals surface area contributed by atoms with E-state index in [0.717, 1.165) is 11.1 Å². The summed E-state index contributed by atoms with van der Waals surface area (Å²) in [5.74, 6) is -1.95. The zero-order valence-corrected chi connectivity index (χ0v) is 22.2. The van der Waals surface area contributed by atoms with Gasteiger partial charge in [0.2, 0.25) is 0 Å². The van der Waals surface area contributed by atoms with Gasteiger partial charge in [-0.2, -0.15) is 5.26 Å². The fourth-order valence-corrected chi connectivity index (χ4v) is 4.40. The molecule has 1 fully saturated rings. The molecule has 2 aromatic rings. The van der Waals surface area contributed by atoms with Crippen LogP contribution in [0.5, 0.6) is 0 Å². The summed E-state index contributed by atoms with van der Waals surface area (Å²) in [5, 5.41) is 23.8. The third-order valence-electron chi connectivity index (χ3n) is 5.80. The van der Waals surface area contributed by atoms with Crippen LogP contribution < -0.4 is 40.0 Å². The number of amides is 1. The van der Waals surface area contributed by atoms with Crippen molar-refractivity contribution in [2.75, 3.05) is 0 Å². The van der Waals surface area contributed by atoms with Gasteiger partial charge in [-0.1, -0.05) is 65.7 Å². The van der Waals surface area contributed by atoms with Crippen molar-refractivity contribution in [2.24, 2.45) is 0 Å². The van der Waals surface area contributed by atoms with Gasteiger partial charge in [0.1, 0.15) is 5.78 Å². The fraction of sp³-hybridized carbons (Fsp3) is 0.280. The molecule has 34 heavy (non-hydrogen) atoms. The van der Waals surface area contributed by atoms with Crippen molar-refractivity contribution in [1.82, 2.24) is 5.32 Å². The number of aliphatic carboxylic acids is 1. The zero-order valence-electron chi connectivity index (χ0n) is 18.6. The maximum Gasteiger partial charge on any atom is 1.00 e. The smallest absolute Gasteiger partial charge is 0.548 e. The first-order chi connectivity index (χ1) is 15.8. The SMILES string of the molecule is N#CC1(c2ccc(/C=C/CC(NC(=O)c3c(Cl)cccc3Cl)C(=O)[O-])cc2)CCC(=O)CC1.[Na+]. The molecule has 1 atom stereocenters. The molecule has 1 unspecified atom stereocenters. The Labute approximate surface area is 230 Å². The van der Waals surface area contributed by atoms with E-state index >= 15 is 0 Å². The normalized spacial score (nSPS) is 15.7. The summed E-state index contributed by atoms with van der Waals surface area (Å²) >= 11 is 12.0. The van der Waals surface area contributed by atoms with Gasteiger partial charge >= 0.3 is 29.6 Å². The maximum absolute atomic E-state index is 12.5. The van der Waals surface area contributed by atoms with E-state index in [0.29, 0.717) is 25.7 Å². The van der Waals surface area contributed by atoms with Gasteiger partial charge in [0.15, 0.2) is 0 Å². The number of nitriles is 1. The molecule has 1 aliphatic rings. The van der Waals surface area contributed by atoms with Gasteiger partial charge in [0.25, 0.3) is 5.91 Å². The number of hydrogen-bond acceptors (Lipinski definition) is 5. The van der Waals surface area contributed by atoms with Gasteiger partial charge in [0.05, 0.1) is 39.1 Å². The number of benzene rings is 2. The molecule has 3 rings (SSSR count). The van der Waals surface area contributed by atoms with E-state index in [1.807, 2.05) is 24.3 Å². The van der Waals surface area contributed by atoms with Crippen molar-refractivity contribution < 1.29 is 49.0 Å². The predicted molar refractivity (Wildman–Crippen MR) is 124 cm³/mol. The molecule has 170 valence electrons. The van der Waals surface area contributed by atoms with Crippen molar-refractivity contribution in [3.05, 3.63) is 75.3 Å². The second-order valence-electron chi connectivity index (χ2n) is 7.93. The topological polar surface area (TPSA) is 110 Å². The number of nitrogens with one attached hydrogen (secondary N) is 1. The molecule has 1 aliphatic carbocycles. The second-order valence-corrected chi connectivity index (χ2v) is 8.75. The van der Waals surface area contributed by atoms with Crippen LogP contribution in [0, 0.1) is 11.3 Å². The van der Waals surface area contributed by atoms with Gasteiger partial charge in [0, 0.05) is 12.8 Å². The molecule has 2 aromatic carbocycles. The molecular weight excluding hydrogens is 486 g/mol. The molecule has 0 saturated heterocycles. The third kappa shape index (κ3) is 6.71. The Morgan fingerprint density at radius 1 is 1.12 bits per heavy atom. The molecule has 1 amide bonds. The Morgan fingerprint density at radius 2 is 1.71 bits per heavy atom. The van der Waals surface area contributed by atoms with E-state index < -0.39 is 23.3 Å². The van der Waals surface area contributed by atoms with Crippen LogP contribution in [0.15, 0.2) is 48.5 Å². The number of carbonyl (C=O) groups is 3. The quantitative estimate of drug-likeness (QED) is 0.559. The summed E-state index contributed by atoms with van der Waals surface area (Å²) < 4.78 is 0. The number of halogens is 2. The molecular formula is C25H21Cl2N2NaO4. The number of carboxylic acids is 1. The average molecular weight is 507 g/mol. The number of carboxylic acid groups (broad SMARTS) is 1. The molecule has 1 saturated carbocycles. The minimum atomic E-state index is -1.44. The standard InChI is InChI=1S/C25H22Cl2N2O4.Na/c26-19-4-2-5-20(27)22(19)23(31)29-21(24(32)33)6-1-3-16-7-9-17(10-8-16)25(15-28)13-11-18(30)12-14-25;/h1-5,7-10,21H,6,11-14H2,(H,29,31)(H,32,33);/q;+1/p-1/b3-1+;. The Morgan fingerprint density at radius 3 is 2.24 bits per heavy atom. The molecule has 6 nitrogen and oxygen atoms in total. The van der Waals surface area contributed by atoms with E-state index in [2.05, 4.69) is 11.4 Å². The predicted octanol–water partition coefficient (Wildman–Crippen LogP) is 0.854. The summed E-state index contributed by atoms with van der Waals surface area (Å²) in [5.41, 5.74) is 1.02. The first-order valence-electron chi connectivity index (χ1n) is 10.4. The Bertz CT molecular complexity index is 1110. The number of Topliss-reactive ketones (excluding diaryl/α,β-unsaturated/α-hetero) is 1. The van der Waals surface area contributed by atoms with Crippen LogP contribution in [-0.4, -0.2) is 23.7 Å². The van der Waals surface area contributed by atoms with Crippen LogP contribution in [0.2, 0.25) is 10.0 Å². The van der Waals surface area contributed by atoms with Crippen LogP contribution in [0.1, 0.15) is 53.6 Å². The number of carbonyl (C=O) groups excluding carboxylic acids is 3. The minimum Gasteiger partial charge on any atom is -0.548 e. The molecule has 0 radical (unpaired) electrons. The average Bonchev–Trinajstić information content (AvgIpc) is 2.79. The van der Waals surface area contributed by atoms with Crippen LogP contribution in [-0.2, 0) is 15.0 Å². The monoisotopic (exact) mass is 506 g/mol. The largest absolute Gasteiger partial charge is 1.00 e. The van der Waals surface area contributed by atoms with Gasteiger partial charge in [-0.3, -0.25) is 9.59 Å². The van der Waals surface area contributed by atoms with Gasteiger partial charge < -0.3 is 15.2 Å². The number of rotatable bonds is 7. The molecule has 0 spiro atoms. The number of ketones is 1. The van der Waals surface area contributed by atoms with Crippen LogP contribution in [0.25, 0.3) is 6.08 Å². The summed E-state index contributed by atoms with van der Waals surface area (Å²) in [4.78, 5) is 35.5. The third-order valence-corrected chi connectivity index (χ3v) is 6.43. The van der Waals surface area contributed by atoms with Crippen molar-refractivity contribution in [2.45, 2.75) is 43.6 Å². The van der Waals surface area contributed by atoms with Crippen molar-refractivity contribution in [3.63, 3.8) is 0 Å². The van der Waals surface area contributed by atoms with E-state index in [1.54, 1.807) is 18.2 Å². The van der Waals surface area contributed by atoms with E-state index in [-0.39, 0.29) is 57.4 Å². The first-order valence-corrected chi connectivity index (χ1v) is 11.2. The summed E-state index contributed by atoms with van der Waals surface area (Å²) in [6.45, 7) is 0. The van der Waals surface area contributed by atoms with E-state index in [4.69, 9.17) is 23.2 Å². The number of hydrogen-bond donors (Lipinski definition) is 1. The molecule has 0 aromatic heterocycles.